The molecule has 0 aliphatic rings. The van der Waals surface area contributed by atoms with Gasteiger partial charge in [0, 0.05) is 16.6 Å². The Bertz CT molecular complexity index is 1050. The second-order valence-electron chi connectivity index (χ2n) is 5.40. The fourth-order valence-corrected chi connectivity index (χ4v) is 2.57. The molecule has 134 valence electrons. The van der Waals surface area contributed by atoms with E-state index in [2.05, 4.69) is 4.98 Å². The predicted octanol–water partition coefficient (Wildman–Crippen LogP) is 3.99. The van der Waals surface area contributed by atoms with Crippen LogP contribution < -0.4 is 5.32 Å². The van der Waals surface area contributed by atoms with Gasteiger partial charge in [0.15, 0.2) is 23.3 Å². The standard InChI is InChI=1S/C17H9F5N2O2/c1-6-9(7-4-2-3-5-8(7)23-6)16(25)17(26)24-15-13(21)11(19)10(18)12(20)14(15)22/h2-5,23H,1H3,(H,24,26). The molecule has 0 atom stereocenters. The number of aromatic nitrogens is 1. The Morgan fingerprint density at radius 2 is 1.42 bits per heavy atom. The highest BCUT2D eigenvalue weighted by Gasteiger charge is 2.29. The van der Waals surface area contributed by atoms with Crippen LogP contribution in [-0.4, -0.2) is 16.7 Å². The Kier molecular flexibility index (Phi) is 4.23. The monoisotopic (exact) mass is 368 g/mol. The topological polar surface area (TPSA) is 62.0 Å². The highest BCUT2D eigenvalue weighted by molar-refractivity contribution is 6.48. The summed E-state index contributed by atoms with van der Waals surface area (Å²) in [7, 11) is 0. The van der Waals surface area contributed by atoms with Crippen LogP contribution in [-0.2, 0) is 4.79 Å². The smallest absolute Gasteiger partial charge is 0.297 e. The number of amides is 1. The van der Waals surface area contributed by atoms with Crippen molar-refractivity contribution in [2.75, 3.05) is 5.32 Å². The van der Waals surface area contributed by atoms with Crippen molar-refractivity contribution in [3.8, 4) is 0 Å². The molecule has 2 aromatic carbocycles. The van der Waals surface area contributed by atoms with Gasteiger partial charge in [-0.25, -0.2) is 22.0 Å². The molecule has 1 heterocycles. The fraction of sp³-hybridized carbons (Fsp3) is 0.0588. The number of hydrogen-bond acceptors (Lipinski definition) is 2. The van der Waals surface area contributed by atoms with Crippen LogP contribution >= 0.6 is 0 Å². The summed E-state index contributed by atoms with van der Waals surface area (Å²) in [6.45, 7) is 1.50. The third-order valence-electron chi connectivity index (χ3n) is 3.78. The van der Waals surface area contributed by atoms with Gasteiger partial charge < -0.3 is 10.3 Å². The number of aromatic amines is 1. The highest BCUT2D eigenvalue weighted by atomic mass is 19.2. The average molecular weight is 368 g/mol. The maximum Gasteiger partial charge on any atom is 0.297 e. The minimum atomic E-state index is -2.36. The van der Waals surface area contributed by atoms with Gasteiger partial charge in [-0.05, 0) is 13.0 Å². The maximum absolute atomic E-state index is 13.6. The number of anilines is 1. The van der Waals surface area contributed by atoms with E-state index in [1.54, 1.807) is 18.2 Å². The number of hydrogen-bond donors (Lipinski definition) is 2. The van der Waals surface area contributed by atoms with E-state index in [0.29, 0.717) is 16.6 Å². The lowest BCUT2D eigenvalue weighted by Gasteiger charge is -2.09. The van der Waals surface area contributed by atoms with E-state index in [1.165, 1.54) is 18.3 Å². The summed E-state index contributed by atoms with van der Waals surface area (Å²) in [5, 5.41) is 1.85. The molecule has 1 aromatic heterocycles. The van der Waals surface area contributed by atoms with Gasteiger partial charge in [0.25, 0.3) is 11.7 Å². The summed E-state index contributed by atoms with van der Waals surface area (Å²) in [5.41, 5.74) is -0.805. The van der Waals surface area contributed by atoms with Crippen molar-refractivity contribution < 1.29 is 31.5 Å². The summed E-state index contributed by atoms with van der Waals surface area (Å²) in [5.74, 6) is -14.0. The zero-order valence-electron chi connectivity index (χ0n) is 13.0. The molecule has 1 amide bonds. The van der Waals surface area contributed by atoms with Gasteiger partial charge >= 0.3 is 0 Å². The molecule has 2 N–H and O–H groups in total. The van der Waals surface area contributed by atoms with Gasteiger partial charge in [-0.15, -0.1) is 0 Å². The van der Waals surface area contributed by atoms with Gasteiger partial charge in [0.1, 0.15) is 5.69 Å². The Morgan fingerprint density at radius 1 is 0.885 bits per heavy atom. The Balaban J connectivity index is 2.01. The lowest BCUT2D eigenvalue weighted by atomic mass is 10.1. The first-order valence-electron chi connectivity index (χ1n) is 7.18. The molecule has 0 unspecified atom stereocenters. The predicted molar refractivity (Wildman–Crippen MR) is 82.2 cm³/mol. The lowest BCUT2D eigenvalue weighted by molar-refractivity contribution is -0.112. The minimum Gasteiger partial charge on any atom is -0.358 e. The Labute approximate surface area is 142 Å². The number of carbonyl (C=O) groups excluding carboxylic acids is 2. The largest absolute Gasteiger partial charge is 0.358 e. The normalized spacial score (nSPS) is 11.0. The van der Waals surface area contributed by atoms with Crippen LogP contribution in [0.15, 0.2) is 24.3 Å². The fourth-order valence-electron chi connectivity index (χ4n) is 2.57. The highest BCUT2D eigenvalue weighted by Crippen LogP contribution is 2.28. The summed E-state index contributed by atoms with van der Waals surface area (Å²) < 4.78 is 66.7. The van der Waals surface area contributed by atoms with Crippen LogP contribution in [0, 0.1) is 36.0 Å². The first kappa shape index (κ1) is 17.6. The molecule has 0 radical (unpaired) electrons. The number of nitrogens with one attached hydrogen (secondary N) is 2. The van der Waals surface area contributed by atoms with E-state index >= 15 is 0 Å². The first-order chi connectivity index (χ1) is 12.2. The molecule has 0 saturated carbocycles. The zero-order valence-corrected chi connectivity index (χ0v) is 13.0. The second kappa shape index (κ2) is 6.25. The minimum absolute atomic E-state index is 0.0676. The van der Waals surface area contributed by atoms with Crippen LogP contribution in [0.2, 0.25) is 0 Å². The van der Waals surface area contributed by atoms with Crippen molar-refractivity contribution in [1.29, 1.82) is 0 Å². The third kappa shape index (κ3) is 2.61. The van der Waals surface area contributed by atoms with Crippen LogP contribution in [0.3, 0.4) is 0 Å². The molecule has 0 bridgehead atoms. The van der Waals surface area contributed by atoms with E-state index < -0.39 is 46.5 Å². The molecule has 26 heavy (non-hydrogen) atoms. The molecule has 0 aliphatic carbocycles. The van der Waals surface area contributed by atoms with Gasteiger partial charge in [-0.1, -0.05) is 18.2 Å². The number of halogens is 5. The van der Waals surface area contributed by atoms with Crippen molar-refractivity contribution in [3.05, 3.63) is 64.6 Å². The Morgan fingerprint density at radius 3 is 2.04 bits per heavy atom. The van der Waals surface area contributed by atoms with E-state index in [1.807, 2.05) is 0 Å². The van der Waals surface area contributed by atoms with Crippen LogP contribution in [0.25, 0.3) is 10.9 Å². The summed E-state index contributed by atoms with van der Waals surface area (Å²) >= 11 is 0. The van der Waals surface area contributed by atoms with Crippen molar-refractivity contribution in [2.45, 2.75) is 6.92 Å². The Hall–Kier alpha value is -3.23. The van der Waals surface area contributed by atoms with Crippen LogP contribution in [0.1, 0.15) is 16.1 Å². The van der Waals surface area contributed by atoms with Gasteiger partial charge in [-0.2, -0.15) is 0 Å². The average Bonchev–Trinajstić information content (AvgIpc) is 2.96. The number of para-hydroxylation sites is 1. The van der Waals surface area contributed by atoms with Gasteiger partial charge in [-0.3, -0.25) is 9.59 Å². The summed E-state index contributed by atoms with van der Waals surface area (Å²) in [6.07, 6.45) is 0. The van der Waals surface area contributed by atoms with E-state index in [-0.39, 0.29) is 5.56 Å². The van der Waals surface area contributed by atoms with Crippen LogP contribution in [0.5, 0.6) is 0 Å². The van der Waals surface area contributed by atoms with E-state index in [9.17, 15) is 31.5 Å². The molecule has 3 aromatic rings. The molecular formula is C17H9F5N2O2. The van der Waals surface area contributed by atoms with Gasteiger partial charge in [0.2, 0.25) is 5.82 Å². The number of rotatable bonds is 3. The summed E-state index contributed by atoms with van der Waals surface area (Å²) in [6, 6.07) is 6.47. The van der Waals surface area contributed by atoms with E-state index in [4.69, 9.17) is 0 Å². The number of fused-ring (bicyclic) bond motifs is 1. The third-order valence-corrected chi connectivity index (χ3v) is 3.78. The van der Waals surface area contributed by atoms with Crippen molar-refractivity contribution >= 4 is 28.3 Å². The number of Topliss-reactive ketones (excluding diaryl/α,β-unsaturated/α-hetero) is 1. The molecule has 9 heteroatoms. The van der Waals surface area contributed by atoms with E-state index in [0.717, 1.165) is 0 Å². The number of carbonyl (C=O) groups is 2. The lowest BCUT2D eigenvalue weighted by Crippen LogP contribution is -2.25. The number of H-pyrrole nitrogens is 1. The molecule has 0 spiro atoms. The van der Waals surface area contributed by atoms with Crippen molar-refractivity contribution in [2.24, 2.45) is 0 Å². The molecule has 0 fully saturated rings. The molecule has 0 aliphatic heterocycles. The van der Waals surface area contributed by atoms with Crippen LogP contribution in [0.4, 0.5) is 27.6 Å². The second-order valence-corrected chi connectivity index (χ2v) is 5.40. The number of aryl methyl sites for hydroxylation is 1. The first-order valence-corrected chi connectivity index (χ1v) is 7.18. The number of ketones is 1. The van der Waals surface area contributed by atoms with Crippen molar-refractivity contribution in [3.63, 3.8) is 0 Å². The maximum atomic E-state index is 13.6. The SMILES string of the molecule is Cc1[nH]c2ccccc2c1C(=O)C(=O)Nc1c(F)c(F)c(F)c(F)c1F. The van der Waals surface area contributed by atoms with Crippen molar-refractivity contribution in [1.82, 2.24) is 4.98 Å². The number of benzene rings is 2. The summed E-state index contributed by atoms with van der Waals surface area (Å²) in [4.78, 5) is 27.3. The molecular weight excluding hydrogens is 359 g/mol. The zero-order chi connectivity index (χ0) is 19.2. The molecule has 0 saturated heterocycles. The quantitative estimate of drug-likeness (QED) is 0.241. The molecule has 4 nitrogen and oxygen atoms in total. The van der Waals surface area contributed by atoms with Gasteiger partial charge in [0.05, 0.1) is 5.56 Å². The molecule has 3 rings (SSSR count).